The monoisotopic (exact) mass is 248 g/mol. The summed E-state index contributed by atoms with van der Waals surface area (Å²) < 4.78 is 0. The molecule has 0 aromatic heterocycles. The summed E-state index contributed by atoms with van der Waals surface area (Å²) in [7, 11) is 0. The zero-order valence-electron chi connectivity index (χ0n) is 9.63. The van der Waals surface area contributed by atoms with E-state index in [9.17, 15) is 4.79 Å². The van der Waals surface area contributed by atoms with Crippen molar-refractivity contribution in [2.75, 3.05) is 13.1 Å². The number of likely N-dealkylation sites (tertiary alicyclic amines) is 1. The molecule has 1 heterocycles. The highest BCUT2D eigenvalue weighted by molar-refractivity contribution is 7.80. The van der Waals surface area contributed by atoms with Crippen molar-refractivity contribution in [3.8, 4) is 0 Å². The zero-order valence-corrected chi connectivity index (χ0v) is 10.5. The van der Waals surface area contributed by atoms with Crippen LogP contribution in [0.25, 0.3) is 0 Å². The molecule has 1 aromatic carbocycles. The largest absolute Gasteiger partial charge is 0.393 e. The van der Waals surface area contributed by atoms with Crippen LogP contribution in [-0.4, -0.2) is 28.9 Å². The number of rotatable bonds is 2. The number of hydrogen-bond acceptors (Lipinski definition) is 2. The first-order valence-corrected chi connectivity index (χ1v) is 6.23. The summed E-state index contributed by atoms with van der Waals surface area (Å²) in [6, 6.07) is 9.34. The maximum Gasteiger partial charge on any atom is 0.253 e. The van der Waals surface area contributed by atoms with E-state index in [1.54, 1.807) is 0 Å². The van der Waals surface area contributed by atoms with Crippen molar-refractivity contribution >= 4 is 23.1 Å². The Balaban J connectivity index is 2.07. The van der Waals surface area contributed by atoms with Gasteiger partial charge in [0.1, 0.15) is 0 Å². The van der Waals surface area contributed by atoms with Gasteiger partial charge in [0.2, 0.25) is 0 Å². The third-order valence-corrected chi connectivity index (χ3v) is 3.47. The Morgan fingerprint density at radius 1 is 1.35 bits per heavy atom. The van der Waals surface area contributed by atoms with Crippen molar-refractivity contribution in [2.24, 2.45) is 11.7 Å². The molecule has 0 unspecified atom stereocenters. The molecule has 1 fully saturated rings. The summed E-state index contributed by atoms with van der Waals surface area (Å²) in [6.45, 7) is 1.45. The smallest absolute Gasteiger partial charge is 0.253 e. The van der Waals surface area contributed by atoms with E-state index in [0.29, 0.717) is 11.5 Å². The van der Waals surface area contributed by atoms with Gasteiger partial charge in [-0.1, -0.05) is 30.4 Å². The van der Waals surface area contributed by atoms with Gasteiger partial charge < -0.3 is 10.6 Å². The fourth-order valence-electron chi connectivity index (χ4n) is 2.16. The molecule has 1 atom stereocenters. The van der Waals surface area contributed by atoms with E-state index in [1.807, 2.05) is 35.2 Å². The van der Waals surface area contributed by atoms with Gasteiger partial charge in [0, 0.05) is 24.6 Å². The SMILES string of the molecule is NC(=S)[C@H]1CCCN(C(=O)c2ccccc2)C1. The van der Waals surface area contributed by atoms with Gasteiger partial charge in [-0.25, -0.2) is 0 Å². The Bertz CT molecular complexity index is 419. The average Bonchev–Trinajstić information content (AvgIpc) is 2.39. The van der Waals surface area contributed by atoms with Gasteiger partial charge in [-0.15, -0.1) is 0 Å². The molecule has 0 radical (unpaired) electrons. The highest BCUT2D eigenvalue weighted by Crippen LogP contribution is 2.18. The quantitative estimate of drug-likeness (QED) is 0.812. The molecule has 1 aliphatic rings. The van der Waals surface area contributed by atoms with Crippen LogP contribution in [0.3, 0.4) is 0 Å². The van der Waals surface area contributed by atoms with Crippen LogP contribution in [0, 0.1) is 5.92 Å². The minimum Gasteiger partial charge on any atom is -0.393 e. The van der Waals surface area contributed by atoms with Crippen molar-refractivity contribution in [2.45, 2.75) is 12.8 Å². The van der Waals surface area contributed by atoms with Crippen LogP contribution in [-0.2, 0) is 0 Å². The first-order valence-electron chi connectivity index (χ1n) is 5.82. The normalized spacial score (nSPS) is 20.0. The van der Waals surface area contributed by atoms with Crippen LogP contribution in [0.15, 0.2) is 30.3 Å². The van der Waals surface area contributed by atoms with Crippen molar-refractivity contribution in [1.82, 2.24) is 4.90 Å². The Hall–Kier alpha value is -1.42. The Morgan fingerprint density at radius 2 is 2.06 bits per heavy atom. The number of thiocarbonyl (C=S) groups is 1. The summed E-state index contributed by atoms with van der Waals surface area (Å²) >= 11 is 5.01. The van der Waals surface area contributed by atoms with Gasteiger partial charge in [-0.05, 0) is 25.0 Å². The Labute approximate surface area is 107 Å². The summed E-state index contributed by atoms with van der Waals surface area (Å²) in [4.78, 5) is 14.6. The van der Waals surface area contributed by atoms with Crippen molar-refractivity contribution in [3.05, 3.63) is 35.9 Å². The van der Waals surface area contributed by atoms with E-state index in [0.717, 1.165) is 24.9 Å². The second-order valence-electron chi connectivity index (χ2n) is 4.36. The average molecular weight is 248 g/mol. The second-order valence-corrected chi connectivity index (χ2v) is 4.83. The van der Waals surface area contributed by atoms with Gasteiger partial charge in [0.15, 0.2) is 0 Å². The molecule has 0 saturated carbocycles. The number of carbonyl (C=O) groups excluding carboxylic acids is 1. The van der Waals surface area contributed by atoms with E-state index in [-0.39, 0.29) is 11.8 Å². The maximum absolute atomic E-state index is 12.2. The molecule has 2 rings (SSSR count). The van der Waals surface area contributed by atoms with E-state index in [2.05, 4.69) is 0 Å². The lowest BCUT2D eigenvalue weighted by Gasteiger charge is -2.32. The molecule has 3 nitrogen and oxygen atoms in total. The van der Waals surface area contributed by atoms with E-state index in [4.69, 9.17) is 18.0 Å². The minimum atomic E-state index is 0.0755. The molecule has 1 aliphatic heterocycles. The fourth-order valence-corrected chi connectivity index (χ4v) is 2.35. The van der Waals surface area contributed by atoms with Crippen LogP contribution in [0.1, 0.15) is 23.2 Å². The molecule has 90 valence electrons. The molecule has 1 aromatic rings. The fraction of sp³-hybridized carbons (Fsp3) is 0.385. The van der Waals surface area contributed by atoms with Gasteiger partial charge >= 0.3 is 0 Å². The third kappa shape index (κ3) is 2.82. The highest BCUT2D eigenvalue weighted by atomic mass is 32.1. The second kappa shape index (κ2) is 5.27. The molecule has 4 heteroatoms. The van der Waals surface area contributed by atoms with Crippen molar-refractivity contribution in [1.29, 1.82) is 0 Å². The number of amides is 1. The molecule has 1 amide bonds. The number of nitrogens with two attached hydrogens (primary N) is 1. The molecular formula is C13H16N2OS. The van der Waals surface area contributed by atoms with Gasteiger partial charge in [0.25, 0.3) is 5.91 Å². The lowest BCUT2D eigenvalue weighted by Crippen LogP contribution is -2.43. The predicted octanol–water partition coefficient (Wildman–Crippen LogP) is 1.82. The van der Waals surface area contributed by atoms with Crippen LogP contribution >= 0.6 is 12.2 Å². The topological polar surface area (TPSA) is 46.3 Å². The minimum absolute atomic E-state index is 0.0755. The zero-order chi connectivity index (χ0) is 12.3. The molecule has 1 saturated heterocycles. The Morgan fingerprint density at radius 3 is 2.71 bits per heavy atom. The van der Waals surface area contributed by atoms with Crippen molar-refractivity contribution < 1.29 is 4.79 Å². The van der Waals surface area contributed by atoms with Crippen molar-refractivity contribution in [3.63, 3.8) is 0 Å². The molecular weight excluding hydrogens is 232 g/mol. The van der Waals surface area contributed by atoms with E-state index >= 15 is 0 Å². The summed E-state index contributed by atoms with van der Waals surface area (Å²) in [5.74, 6) is 0.248. The lowest BCUT2D eigenvalue weighted by molar-refractivity contribution is 0.0703. The molecule has 0 bridgehead atoms. The van der Waals surface area contributed by atoms with Gasteiger partial charge in [-0.2, -0.15) is 0 Å². The number of carbonyl (C=O) groups is 1. The van der Waals surface area contributed by atoms with E-state index in [1.165, 1.54) is 0 Å². The molecule has 17 heavy (non-hydrogen) atoms. The first-order chi connectivity index (χ1) is 8.18. The summed E-state index contributed by atoms with van der Waals surface area (Å²) in [5.41, 5.74) is 6.39. The standard InChI is InChI=1S/C13H16N2OS/c14-12(17)11-7-4-8-15(9-11)13(16)10-5-2-1-3-6-10/h1-3,5-6,11H,4,7-9H2,(H2,14,17)/t11-/m0/s1. The van der Waals surface area contributed by atoms with Crippen LogP contribution in [0.2, 0.25) is 0 Å². The van der Waals surface area contributed by atoms with Crippen LogP contribution in [0.4, 0.5) is 0 Å². The maximum atomic E-state index is 12.2. The predicted molar refractivity (Wildman–Crippen MR) is 71.9 cm³/mol. The van der Waals surface area contributed by atoms with Gasteiger partial charge in [0.05, 0.1) is 4.99 Å². The highest BCUT2D eigenvalue weighted by Gasteiger charge is 2.25. The first kappa shape index (κ1) is 12.0. The van der Waals surface area contributed by atoms with E-state index < -0.39 is 0 Å². The summed E-state index contributed by atoms with van der Waals surface area (Å²) in [6.07, 6.45) is 1.97. The van der Waals surface area contributed by atoms with Gasteiger partial charge in [-0.3, -0.25) is 4.79 Å². The Kier molecular flexibility index (Phi) is 3.74. The number of piperidine rings is 1. The molecule has 0 spiro atoms. The number of nitrogens with zero attached hydrogens (tertiary/aromatic N) is 1. The number of benzene rings is 1. The molecule has 0 aliphatic carbocycles. The lowest BCUT2D eigenvalue weighted by atomic mass is 9.97. The third-order valence-electron chi connectivity index (χ3n) is 3.13. The number of hydrogen-bond donors (Lipinski definition) is 1. The molecule has 2 N–H and O–H groups in total. The van der Waals surface area contributed by atoms with Crippen LogP contribution in [0.5, 0.6) is 0 Å². The van der Waals surface area contributed by atoms with Crippen LogP contribution < -0.4 is 5.73 Å². The summed E-state index contributed by atoms with van der Waals surface area (Å²) in [5, 5.41) is 0.